The molecule has 1 rings (SSSR count). The normalized spacial score (nSPS) is 10.7. The summed E-state index contributed by atoms with van der Waals surface area (Å²) in [5.41, 5.74) is 1.30. The molecule has 0 fully saturated rings. The Bertz CT molecular complexity index is 419. The number of ether oxygens (including phenoxy) is 1. The Morgan fingerprint density at radius 1 is 1.50 bits per heavy atom. The summed E-state index contributed by atoms with van der Waals surface area (Å²) in [6, 6.07) is 3.31. The second-order valence-electron chi connectivity index (χ2n) is 4.53. The molecular formula is C13H20N2O3. The summed E-state index contributed by atoms with van der Waals surface area (Å²) in [5.74, 6) is -0.0311. The van der Waals surface area contributed by atoms with Crippen LogP contribution in [0.4, 0.5) is 0 Å². The first-order chi connectivity index (χ1) is 8.40. The van der Waals surface area contributed by atoms with E-state index < -0.39 is 0 Å². The van der Waals surface area contributed by atoms with Gasteiger partial charge in [0.05, 0.1) is 12.6 Å². The number of nitrogens with zero attached hydrogens (tertiary/aromatic N) is 2. The molecule has 0 radical (unpaired) electrons. The van der Waals surface area contributed by atoms with Gasteiger partial charge in [0.15, 0.2) is 0 Å². The number of likely N-dealkylation sites (N-methyl/N-ethyl adjacent to an activating group) is 1. The number of pyridine rings is 1. The average molecular weight is 252 g/mol. The van der Waals surface area contributed by atoms with E-state index in [0.29, 0.717) is 5.69 Å². The van der Waals surface area contributed by atoms with E-state index in [1.54, 1.807) is 19.2 Å². The Balaban J connectivity index is 2.60. The van der Waals surface area contributed by atoms with Gasteiger partial charge in [-0.25, -0.2) is 0 Å². The second-order valence-corrected chi connectivity index (χ2v) is 4.53. The number of amides is 1. The van der Waals surface area contributed by atoms with Crippen molar-refractivity contribution in [3.63, 3.8) is 0 Å². The third-order valence-electron chi connectivity index (χ3n) is 2.44. The first-order valence-electron chi connectivity index (χ1n) is 5.91. The second kappa shape index (κ2) is 6.35. The Labute approximate surface area is 107 Å². The van der Waals surface area contributed by atoms with Crippen LogP contribution in [-0.4, -0.2) is 40.7 Å². The number of carbonyl (C=O) groups excluding carboxylic acids is 1. The van der Waals surface area contributed by atoms with Crippen LogP contribution < -0.4 is 0 Å². The van der Waals surface area contributed by atoms with E-state index in [2.05, 4.69) is 4.98 Å². The van der Waals surface area contributed by atoms with Crippen LogP contribution in [0.25, 0.3) is 0 Å². The van der Waals surface area contributed by atoms with E-state index in [1.807, 2.05) is 20.8 Å². The lowest BCUT2D eigenvalue weighted by atomic mass is 10.2. The highest BCUT2D eigenvalue weighted by Gasteiger charge is 2.13. The molecule has 100 valence electrons. The molecule has 0 bridgehead atoms. The first-order valence-corrected chi connectivity index (χ1v) is 5.91. The summed E-state index contributed by atoms with van der Waals surface area (Å²) in [6.07, 6.45) is 0.0212. The molecule has 0 unspecified atom stereocenters. The largest absolute Gasteiger partial charge is 0.506 e. The molecule has 1 aromatic heterocycles. The van der Waals surface area contributed by atoms with Crippen LogP contribution in [0.3, 0.4) is 0 Å². The summed E-state index contributed by atoms with van der Waals surface area (Å²) >= 11 is 0. The quantitative estimate of drug-likeness (QED) is 0.862. The molecule has 5 heteroatoms. The molecular weight excluding hydrogens is 232 g/mol. The minimum atomic E-state index is -0.133. The van der Waals surface area contributed by atoms with Crippen LogP contribution in [0.2, 0.25) is 0 Å². The average Bonchev–Trinajstić information content (AvgIpc) is 2.30. The molecule has 1 N–H and O–H groups in total. The summed E-state index contributed by atoms with van der Waals surface area (Å²) in [7, 11) is 1.66. The van der Waals surface area contributed by atoms with Crippen LogP contribution in [0.1, 0.15) is 25.2 Å². The van der Waals surface area contributed by atoms with Gasteiger partial charge in [0, 0.05) is 12.7 Å². The third-order valence-corrected chi connectivity index (χ3v) is 2.44. The lowest BCUT2D eigenvalue weighted by Crippen LogP contribution is -2.31. The Hall–Kier alpha value is -1.62. The standard InChI is InChI=1S/C13H20N2O3/c1-9(2)18-8-13(17)15(4)7-11-12(16)6-5-10(3)14-11/h5-6,9,16H,7-8H2,1-4H3. The van der Waals surface area contributed by atoms with Gasteiger partial charge in [0.25, 0.3) is 0 Å². The SMILES string of the molecule is Cc1ccc(O)c(CN(C)C(=O)COC(C)C)n1. The number of aryl methyl sites for hydroxylation is 1. The van der Waals surface area contributed by atoms with Crippen molar-refractivity contribution in [3.05, 3.63) is 23.5 Å². The zero-order valence-corrected chi connectivity index (χ0v) is 11.3. The van der Waals surface area contributed by atoms with Gasteiger partial charge in [0.1, 0.15) is 18.1 Å². The van der Waals surface area contributed by atoms with Crippen molar-refractivity contribution in [1.82, 2.24) is 9.88 Å². The number of aromatic hydroxyl groups is 1. The van der Waals surface area contributed by atoms with E-state index >= 15 is 0 Å². The molecule has 0 atom stereocenters. The molecule has 0 aromatic carbocycles. The minimum Gasteiger partial charge on any atom is -0.506 e. The van der Waals surface area contributed by atoms with Crippen LogP contribution in [0.5, 0.6) is 5.75 Å². The van der Waals surface area contributed by atoms with Gasteiger partial charge in [-0.1, -0.05) is 0 Å². The topological polar surface area (TPSA) is 62.7 Å². The molecule has 5 nitrogen and oxygen atoms in total. The summed E-state index contributed by atoms with van der Waals surface area (Å²) < 4.78 is 5.24. The van der Waals surface area contributed by atoms with E-state index in [-0.39, 0.29) is 30.9 Å². The molecule has 18 heavy (non-hydrogen) atoms. The van der Waals surface area contributed by atoms with Crippen LogP contribution in [0.15, 0.2) is 12.1 Å². The monoisotopic (exact) mass is 252 g/mol. The maximum atomic E-state index is 11.7. The Kier molecular flexibility index (Phi) is 5.09. The molecule has 1 amide bonds. The van der Waals surface area contributed by atoms with E-state index in [1.165, 1.54) is 4.90 Å². The van der Waals surface area contributed by atoms with Crippen molar-refractivity contribution < 1.29 is 14.6 Å². The van der Waals surface area contributed by atoms with E-state index in [0.717, 1.165) is 5.69 Å². The van der Waals surface area contributed by atoms with Gasteiger partial charge in [-0.15, -0.1) is 0 Å². The van der Waals surface area contributed by atoms with Crippen LogP contribution in [0, 0.1) is 6.92 Å². The van der Waals surface area contributed by atoms with E-state index in [9.17, 15) is 9.90 Å². The van der Waals surface area contributed by atoms with Crippen molar-refractivity contribution >= 4 is 5.91 Å². The fourth-order valence-corrected chi connectivity index (χ4v) is 1.38. The highest BCUT2D eigenvalue weighted by Crippen LogP contribution is 2.16. The van der Waals surface area contributed by atoms with Crippen LogP contribution >= 0.6 is 0 Å². The maximum absolute atomic E-state index is 11.7. The first kappa shape index (κ1) is 14.4. The molecule has 1 heterocycles. The zero-order valence-electron chi connectivity index (χ0n) is 11.3. The fraction of sp³-hybridized carbons (Fsp3) is 0.538. The molecule has 0 spiro atoms. The molecule has 0 saturated carbocycles. The molecule has 1 aromatic rings. The predicted octanol–water partition coefficient (Wildman–Crippen LogP) is 1.48. The van der Waals surface area contributed by atoms with Gasteiger partial charge in [-0.3, -0.25) is 9.78 Å². The summed E-state index contributed by atoms with van der Waals surface area (Å²) in [6.45, 7) is 5.91. The van der Waals surface area contributed by atoms with Crippen molar-refractivity contribution in [2.45, 2.75) is 33.4 Å². The number of hydrogen-bond donors (Lipinski definition) is 1. The van der Waals surface area contributed by atoms with Gasteiger partial charge >= 0.3 is 0 Å². The number of hydrogen-bond acceptors (Lipinski definition) is 4. The Morgan fingerprint density at radius 3 is 2.78 bits per heavy atom. The minimum absolute atomic E-state index is 0.0212. The lowest BCUT2D eigenvalue weighted by Gasteiger charge is -2.18. The highest BCUT2D eigenvalue weighted by atomic mass is 16.5. The predicted molar refractivity (Wildman–Crippen MR) is 68.2 cm³/mol. The maximum Gasteiger partial charge on any atom is 0.248 e. The zero-order chi connectivity index (χ0) is 13.7. The number of rotatable bonds is 5. The van der Waals surface area contributed by atoms with Gasteiger partial charge in [0.2, 0.25) is 5.91 Å². The van der Waals surface area contributed by atoms with Gasteiger partial charge in [-0.05, 0) is 32.9 Å². The van der Waals surface area contributed by atoms with E-state index in [4.69, 9.17) is 4.74 Å². The summed E-state index contributed by atoms with van der Waals surface area (Å²) in [4.78, 5) is 17.4. The molecule has 0 aliphatic heterocycles. The van der Waals surface area contributed by atoms with Crippen molar-refractivity contribution in [2.75, 3.05) is 13.7 Å². The fourth-order valence-electron chi connectivity index (χ4n) is 1.38. The lowest BCUT2D eigenvalue weighted by molar-refractivity contribution is -0.136. The van der Waals surface area contributed by atoms with Crippen molar-refractivity contribution in [1.29, 1.82) is 0 Å². The molecule has 0 aliphatic rings. The Morgan fingerprint density at radius 2 is 2.17 bits per heavy atom. The van der Waals surface area contributed by atoms with Crippen molar-refractivity contribution in [3.8, 4) is 5.75 Å². The number of carbonyl (C=O) groups is 1. The number of aromatic nitrogens is 1. The van der Waals surface area contributed by atoms with Crippen molar-refractivity contribution in [2.24, 2.45) is 0 Å². The molecule has 0 saturated heterocycles. The smallest absolute Gasteiger partial charge is 0.248 e. The van der Waals surface area contributed by atoms with Gasteiger partial charge in [-0.2, -0.15) is 0 Å². The molecule has 0 aliphatic carbocycles. The van der Waals surface area contributed by atoms with Crippen LogP contribution in [-0.2, 0) is 16.1 Å². The highest BCUT2D eigenvalue weighted by molar-refractivity contribution is 5.77. The van der Waals surface area contributed by atoms with Gasteiger partial charge < -0.3 is 14.7 Å². The third kappa shape index (κ3) is 4.33. The summed E-state index contributed by atoms with van der Waals surface area (Å²) in [5, 5.41) is 9.65.